The Morgan fingerprint density at radius 2 is 2.00 bits per heavy atom. The van der Waals surface area contributed by atoms with Gasteiger partial charge in [-0.05, 0) is 37.0 Å². The highest BCUT2D eigenvalue weighted by Crippen LogP contribution is 2.52. The number of Topliss-reactive ketones (excluding diaryl/α,β-unsaturated/α-hetero) is 1. The van der Waals surface area contributed by atoms with Gasteiger partial charge < -0.3 is 4.57 Å². The first kappa shape index (κ1) is 12.7. The second-order valence-electron chi connectivity index (χ2n) is 7.06. The summed E-state index contributed by atoms with van der Waals surface area (Å²) in [6.07, 6.45) is 1.77. The van der Waals surface area contributed by atoms with Crippen LogP contribution in [0.3, 0.4) is 0 Å². The van der Waals surface area contributed by atoms with Gasteiger partial charge in [-0.25, -0.2) is 0 Å². The standard InChI is InChI=1S/C19H20N2O/c1-10-11(2)21-16-8-13(10)19(22)17(21)9-14-12-6-4-5-7-15(12)20(3)18(14)16/h4-7,11,13,16-17H,1,8-9H2,2-3H3/t11-,13-,16-,17-/m0/s1. The zero-order valence-electron chi connectivity index (χ0n) is 13.0. The summed E-state index contributed by atoms with van der Waals surface area (Å²) < 4.78 is 2.35. The van der Waals surface area contributed by atoms with Gasteiger partial charge in [0.25, 0.3) is 0 Å². The Morgan fingerprint density at radius 3 is 2.82 bits per heavy atom. The fraction of sp³-hybridized carbons (Fsp3) is 0.421. The molecule has 0 saturated carbocycles. The fourth-order valence-corrected chi connectivity index (χ4v) is 5.20. The monoisotopic (exact) mass is 292 g/mol. The van der Waals surface area contributed by atoms with Crippen molar-refractivity contribution in [2.75, 3.05) is 0 Å². The minimum atomic E-state index is 0.0579. The van der Waals surface area contributed by atoms with Crippen molar-refractivity contribution < 1.29 is 4.79 Å². The molecule has 3 heteroatoms. The topological polar surface area (TPSA) is 25.2 Å². The van der Waals surface area contributed by atoms with Gasteiger partial charge in [-0.2, -0.15) is 0 Å². The number of hydrogen-bond acceptors (Lipinski definition) is 2. The number of para-hydroxylation sites is 1. The summed E-state index contributed by atoms with van der Waals surface area (Å²) in [5.74, 6) is 0.471. The number of carbonyl (C=O) groups excluding carboxylic acids is 1. The molecule has 3 saturated heterocycles. The average Bonchev–Trinajstić information content (AvgIpc) is 2.81. The van der Waals surface area contributed by atoms with Crippen LogP contribution in [0.4, 0.5) is 0 Å². The van der Waals surface area contributed by atoms with E-state index >= 15 is 0 Å². The molecule has 0 radical (unpaired) electrons. The van der Waals surface area contributed by atoms with E-state index in [2.05, 4.69) is 54.3 Å². The largest absolute Gasteiger partial charge is 0.346 e. The van der Waals surface area contributed by atoms with Crippen molar-refractivity contribution in [3.8, 4) is 0 Å². The summed E-state index contributed by atoms with van der Waals surface area (Å²) in [5, 5.41) is 1.33. The fourth-order valence-electron chi connectivity index (χ4n) is 5.20. The zero-order chi connectivity index (χ0) is 15.2. The number of aromatic nitrogens is 1. The van der Waals surface area contributed by atoms with Crippen LogP contribution in [0.5, 0.6) is 0 Å². The molecule has 112 valence electrons. The minimum absolute atomic E-state index is 0.0579. The summed E-state index contributed by atoms with van der Waals surface area (Å²) in [4.78, 5) is 15.2. The summed E-state index contributed by atoms with van der Waals surface area (Å²) in [6.45, 7) is 6.42. The number of rotatable bonds is 0. The van der Waals surface area contributed by atoms with Crippen molar-refractivity contribution in [1.82, 2.24) is 9.47 Å². The Kier molecular flexibility index (Phi) is 2.25. The molecule has 5 heterocycles. The van der Waals surface area contributed by atoms with Crippen molar-refractivity contribution >= 4 is 16.7 Å². The summed E-state index contributed by atoms with van der Waals surface area (Å²) in [5.41, 5.74) is 5.24. The van der Waals surface area contributed by atoms with Crippen LogP contribution in [0.25, 0.3) is 10.9 Å². The van der Waals surface area contributed by atoms with E-state index in [1.807, 2.05) is 0 Å². The second-order valence-corrected chi connectivity index (χ2v) is 7.06. The molecule has 4 aliphatic rings. The lowest BCUT2D eigenvalue weighted by molar-refractivity contribution is -0.141. The molecule has 0 amide bonds. The lowest BCUT2D eigenvalue weighted by Crippen LogP contribution is -2.64. The molecule has 4 bridgehead atoms. The first-order valence-electron chi connectivity index (χ1n) is 8.15. The predicted molar refractivity (Wildman–Crippen MR) is 86.7 cm³/mol. The minimum Gasteiger partial charge on any atom is -0.346 e. The molecule has 4 aliphatic heterocycles. The van der Waals surface area contributed by atoms with Crippen molar-refractivity contribution in [2.24, 2.45) is 13.0 Å². The van der Waals surface area contributed by atoms with E-state index in [9.17, 15) is 4.79 Å². The van der Waals surface area contributed by atoms with Crippen molar-refractivity contribution in [1.29, 1.82) is 0 Å². The average molecular weight is 292 g/mol. The van der Waals surface area contributed by atoms with Gasteiger partial charge in [0.05, 0.1) is 12.1 Å². The second kappa shape index (κ2) is 3.90. The number of aryl methyl sites for hydroxylation is 1. The normalized spacial score (nSPS) is 36.0. The van der Waals surface area contributed by atoms with E-state index in [4.69, 9.17) is 0 Å². The third-order valence-corrected chi connectivity index (χ3v) is 6.26. The molecule has 22 heavy (non-hydrogen) atoms. The van der Waals surface area contributed by atoms with Crippen LogP contribution < -0.4 is 0 Å². The maximum absolute atomic E-state index is 12.8. The Bertz CT molecular complexity index is 846. The van der Waals surface area contributed by atoms with Gasteiger partial charge in [-0.3, -0.25) is 9.69 Å². The van der Waals surface area contributed by atoms with E-state index < -0.39 is 0 Å². The van der Waals surface area contributed by atoms with Gasteiger partial charge in [-0.15, -0.1) is 0 Å². The molecule has 0 aliphatic carbocycles. The van der Waals surface area contributed by atoms with Crippen molar-refractivity contribution in [3.05, 3.63) is 47.7 Å². The third-order valence-electron chi connectivity index (χ3n) is 6.26. The number of carbonyl (C=O) groups is 1. The van der Waals surface area contributed by atoms with Crippen LogP contribution in [0, 0.1) is 5.92 Å². The van der Waals surface area contributed by atoms with Gasteiger partial charge in [0, 0.05) is 35.6 Å². The summed E-state index contributed by atoms with van der Waals surface area (Å²) in [6, 6.07) is 9.34. The molecule has 0 spiro atoms. The van der Waals surface area contributed by atoms with E-state index in [1.54, 1.807) is 0 Å². The molecular weight excluding hydrogens is 272 g/mol. The van der Waals surface area contributed by atoms with Crippen LogP contribution in [0.15, 0.2) is 36.4 Å². The van der Waals surface area contributed by atoms with Gasteiger partial charge in [0.1, 0.15) is 0 Å². The number of nitrogens with zero attached hydrogens (tertiary/aromatic N) is 2. The van der Waals surface area contributed by atoms with Crippen LogP contribution in [-0.4, -0.2) is 27.3 Å². The maximum Gasteiger partial charge on any atom is 0.157 e. The third kappa shape index (κ3) is 1.25. The maximum atomic E-state index is 12.8. The van der Waals surface area contributed by atoms with E-state index in [-0.39, 0.29) is 12.0 Å². The highest BCUT2D eigenvalue weighted by atomic mass is 16.1. The Morgan fingerprint density at radius 1 is 1.23 bits per heavy atom. The molecule has 3 fully saturated rings. The highest BCUT2D eigenvalue weighted by Gasteiger charge is 2.55. The molecule has 0 N–H and O–H groups in total. The van der Waals surface area contributed by atoms with Crippen molar-refractivity contribution in [3.63, 3.8) is 0 Å². The number of benzene rings is 1. The lowest BCUT2D eigenvalue weighted by atomic mass is 9.67. The Labute approximate surface area is 130 Å². The van der Waals surface area contributed by atoms with E-state index in [0.717, 1.165) is 18.4 Å². The van der Waals surface area contributed by atoms with Gasteiger partial charge >= 0.3 is 0 Å². The number of ketones is 1. The molecule has 2 aromatic rings. The number of piperidine rings is 3. The first-order chi connectivity index (χ1) is 10.6. The van der Waals surface area contributed by atoms with Crippen LogP contribution in [-0.2, 0) is 18.3 Å². The Balaban J connectivity index is 1.80. The highest BCUT2D eigenvalue weighted by molar-refractivity contribution is 5.94. The molecule has 1 unspecified atom stereocenters. The smallest absolute Gasteiger partial charge is 0.157 e. The van der Waals surface area contributed by atoms with Gasteiger partial charge in [0.15, 0.2) is 5.78 Å². The van der Waals surface area contributed by atoms with Crippen LogP contribution in [0.2, 0.25) is 0 Å². The molecule has 5 atom stereocenters. The van der Waals surface area contributed by atoms with E-state index in [0.29, 0.717) is 17.9 Å². The first-order valence-corrected chi connectivity index (χ1v) is 8.15. The van der Waals surface area contributed by atoms with Crippen molar-refractivity contribution in [2.45, 2.75) is 37.9 Å². The molecular formula is C19H20N2O. The Hall–Kier alpha value is -1.87. The number of hydrogen-bond donors (Lipinski definition) is 0. The van der Waals surface area contributed by atoms with Gasteiger partial charge in [0.2, 0.25) is 0 Å². The van der Waals surface area contributed by atoms with Crippen LogP contribution >= 0.6 is 0 Å². The summed E-state index contributed by atoms with van der Waals surface area (Å²) >= 11 is 0. The predicted octanol–water partition coefficient (Wildman–Crippen LogP) is 2.99. The number of fused-ring (bicyclic) bond motifs is 4. The molecule has 1 aromatic heterocycles. The molecule has 1 aromatic carbocycles. The zero-order valence-corrected chi connectivity index (χ0v) is 13.0. The molecule has 3 nitrogen and oxygen atoms in total. The van der Waals surface area contributed by atoms with Crippen LogP contribution in [0.1, 0.15) is 30.6 Å². The quantitative estimate of drug-likeness (QED) is 0.697. The molecule has 6 rings (SSSR count). The summed E-state index contributed by atoms with van der Waals surface area (Å²) in [7, 11) is 2.17. The SMILES string of the molecule is C=C1[C@@H]2C[C@H]3c4c(c5ccccc5n4C)C[C@@H](C2=O)N3[C@H]1C. The lowest BCUT2D eigenvalue weighted by Gasteiger charge is -2.56. The van der Waals surface area contributed by atoms with Gasteiger partial charge in [-0.1, -0.05) is 24.8 Å². The van der Waals surface area contributed by atoms with E-state index in [1.165, 1.54) is 22.2 Å².